The molecular weight excluding hydrogens is 186 g/mol. The van der Waals surface area contributed by atoms with Crippen molar-refractivity contribution in [2.24, 2.45) is 5.73 Å². The van der Waals surface area contributed by atoms with Crippen LogP contribution >= 0.6 is 0 Å². The maximum Gasteiger partial charge on any atom is 0.0723 e. The van der Waals surface area contributed by atoms with E-state index in [4.69, 9.17) is 10.5 Å². The Balaban J connectivity index is 3.51. The van der Waals surface area contributed by atoms with Gasteiger partial charge in [-0.2, -0.15) is 0 Å². The zero-order chi connectivity index (χ0) is 11.5. The number of ether oxygens (including phenoxy) is 1. The van der Waals surface area contributed by atoms with Crippen LogP contribution in [0.15, 0.2) is 0 Å². The minimum absolute atomic E-state index is 0.228. The van der Waals surface area contributed by atoms with Crippen molar-refractivity contribution < 1.29 is 4.74 Å². The van der Waals surface area contributed by atoms with Crippen LogP contribution in [0.3, 0.4) is 0 Å². The second-order valence-corrected chi connectivity index (χ2v) is 4.33. The molecule has 2 atom stereocenters. The second kappa shape index (κ2) is 10.4. The average Bonchev–Trinajstić information content (AvgIpc) is 2.23. The van der Waals surface area contributed by atoms with Gasteiger partial charge in [0.2, 0.25) is 0 Å². The molecule has 2 unspecified atom stereocenters. The average molecular weight is 215 g/mol. The summed E-state index contributed by atoms with van der Waals surface area (Å²) < 4.78 is 5.83. The molecule has 0 saturated heterocycles. The van der Waals surface area contributed by atoms with E-state index < -0.39 is 0 Å². The maximum atomic E-state index is 6.05. The summed E-state index contributed by atoms with van der Waals surface area (Å²) in [4.78, 5) is 0. The van der Waals surface area contributed by atoms with Crippen molar-refractivity contribution in [3.63, 3.8) is 0 Å². The highest BCUT2D eigenvalue weighted by Crippen LogP contribution is 2.09. The molecule has 0 spiro atoms. The van der Waals surface area contributed by atoms with Gasteiger partial charge in [-0.1, -0.05) is 46.5 Å². The van der Waals surface area contributed by atoms with Crippen LogP contribution in [0.4, 0.5) is 0 Å². The molecule has 0 fully saturated rings. The van der Waals surface area contributed by atoms with E-state index in [-0.39, 0.29) is 12.1 Å². The summed E-state index contributed by atoms with van der Waals surface area (Å²) in [5, 5.41) is 0. The summed E-state index contributed by atoms with van der Waals surface area (Å²) in [7, 11) is 0. The lowest BCUT2D eigenvalue weighted by Gasteiger charge is -2.22. The molecule has 0 aliphatic carbocycles. The molecule has 0 saturated carbocycles. The molecule has 0 amide bonds. The van der Waals surface area contributed by atoms with Crippen molar-refractivity contribution in [1.29, 1.82) is 0 Å². The van der Waals surface area contributed by atoms with Crippen LogP contribution in [0, 0.1) is 0 Å². The fraction of sp³-hybridized carbons (Fsp3) is 1.00. The third-order valence-corrected chi connectivity index (χ3v) is 2.83. The van der Waals surface area contributed by atoms with E-state index in [1.165, 1.54) is 25.7 Å². The summed E-state index contributed by atoms with van der Waals surface area (Å²) in [5.74, 6) is 0. The summed E-state index contributed by atoms with van der Waals surface area (Å²) in [5.41, 5.74) is 6.05. The Hall–Kier alpha value is -0.0800. The standard InChI is InChI=1S/C13H29NO/c1-4-7-8-9-11-15-13(6-3)12(14)10-5-2/h12-13H,4-11,14H2,1-3H3. The lowest BCUT2D eigenvalue weighted by molar-refractivity contribution is 0.0288. The van der Waals surface area contributed by atoms with Crippen molar-refractivity contribution in [1.82, 2.24) is 0 Å². The molecule has 0 radical (unpaired) electrons. The van der Waals surface area contributed by atoms with Gasteiger partial charge in [0.25, 0.3) is 0 Å². The van der Waals surface area contributed by atoms with E-state index in [9.17, 15) is 0 Å². The van der Waals surface area contributed by atoms with Crippen LogP contribution in [-0.2, 0) is 4.74 Å². The van der Waals surface area contributed by atoms with Crippen LogP contribution in [0.1, 0.15) is 65.7 Å². The molecule has 2 heteroatoms. The predicted molar refractivity (Wildman–Crippen MR) is 67.1 cm³/mol. The quantitative estimate of drug-likeness (QED) is 0.566. The van der Waals surface area contributed by atoms with Gasteiger partial charge in [-0.3, -0.25) is 0 Å². The number of nitrogens with two attached hydrogens (primary N) is 1. The summed E-state index contributed by atoms with van der Waals surface area (Å²) in [6, 6.07) is 0.228. The van der Waals surface area contributed by atoms with Gasteiger partial charge in [0.1, 0.15) is 0 Å². The topological polar surface area (TPSA) is 35.2 Å². The first kappa shape index (κ1) is 14.9. The SMILES string of the molecule is CCCCCCOC(CC)C(N)CCC. The number of unbranched alkanes of at least 4 members (excludes halogenated alkanes) is 3. The monoisotopic (exact) mass is 215 g/mol. The Morgan fingerprint density at radius 2 is 1.73 bits per heavy atom. The van der Waals surface area contributed by atoms with Crippen LogP contribution in [0.25, 0.3) is 0 Å². The Labute approximate surface area is 95.6 Å². The summed E-state index contributed by atoms with van der Waals surface area (Å²) in [6.07, 6.45) is 8.61. The van der Waals surface area contributed by atoms with Crippen LogP contribution in [0.5, 0.6) is 0 Å². The third kappa shape index (κ3) is 7.80. The third-order valence-electron chi connectivity index (χ3n) is 2.83. The van der Waals surface area contributed by atoms with Crippen molar-refractivity contribution >= 4 is 0 Å². The van der Waals surface area contributed by atoms with Gasteiger partial charge in [-0.05, 0) is 19.3 Å². The highest BCUT2D eigenvalue weighted by molar-refractivity contribution is 4.71. The molecule has 0 rings (SSSR count). The first-order chi connectivity index (χ1) is 7.26. The molecule has 0 aromatic heterocycles. The van der Waals surface area contributed by atoms with Gasteiger partial charge >= 0.3 is 0 Å². The molecule has 0 heterocycles. The maximum absolute atomic E-state index is 6.05. The highest BCUT2D eigenvalue weighted by atomic mass is 16.5. The van der Waals surface area contributed by atoms with Gasteiger partial charge in [-0.25, -0.2) is 0 Å². The molecule has 0 bridgehead atoms. The van der Waals surface area contributed by atoms with Gasteiger partial charge in [0.05, 0.1) is 6.10 Å². The highest BCUT2D eigenvalue weighted by Gasteiger charge is 2.14. The normalized spacial score (nSPS) is 15.2. The molecule has 92 valence electrons. The Bertz CT molecular complexity index is 128. The Kier molecular flexibility index (Phi) is 10.4. The minimum atomic E-state index is 0.228. The number of hydrogen-bond acceptors (Lipinski definition) is 2. The molecule has 2 N–H and O–H groups in total. The van der Waals surface area contributed by atoms with Crippen LogP contribution in [0.2, 0.25) is 0 Å². The smallest absolute Gasteiger partial charge is 0.0723 e. The summed E-state index contributed by atoms with van der Waals surface area (Å²) >= 11 is 0. The molecule has 2 nitrogen and oxygen atoms in total. The van der Waals surface area contributed by atoms with Crippen LogP contribution in [-0.4, -0.2) is 18.8 Å². The van der Waals surface area contributed by atoms with E-state index in [1.54, 1.807) is 0 Å². The molecule has 0 aromatic carbocycles. The van der Waals surface area contributed by atoms with Gasteiger partial charge in [0, 0.05) is 12.6 Å². The van der Waals surface area contributed by atoms with E-state index in [0.717, 1.165) is 25.9 Å². The fourth-order valence-electron chi connectivity index (χ4n) is 1.83. The molecule has 0 aromatic rings. The lowest BCUT2D eigenvalue weighted by Crippen LogP contribution is -2.36. The Morgan fingerprint density at radius 1 is 1.00 bits per heavy atom. The predicted octanol–water partition coefficient (Wildman–Crippen LogP) is 3.49. The number of hydrogen-bond donors (Lipinski definition) is 1. The van der Waals surface area contributed by atoms with Gasteiger partial charge in [-0.15, -0.1) is 0 Å². The fourth-order valence-corrected chi connectivity index (χ4v) is 1.83. The largest absolute Gasteiger partial charge is 0.377 e. The zero-order valence-corrected chi connectivity index (χ0v) is 10.8. The molecular formula is C13H29NO. The molecule has 15 heavy (non-hydrogen) atoms. The van der Waals surface area contributed by atoms with E-state index in [0.29, 0.717) is 0 Å². The van der Waals surface area contributed by atoms with Gasteiger partial charge in [0.15, 0.2) is 0 Å². The number of rotatable bonds is 10. The van der Waals surface area contributed by atoms with Crippen molar-refractivity contribution in [2.45, 2.75) is 77.9 Å². The first-order valence-electron chi connectivity index (χ1n) is 6.63. The zero-order valence-electron chi connectivity index (χ0n) is 10.8. The lowest BCUT2D eigenvalue weighted by atomic mass is 10.0. The van der Waals surface area contributed by atoms with E-state index in [1.807, 2.05) is 0 Å². The van der Waals surface area contributed by atoms with Crippen molar-refractivity contribution in [3.8, 4) is 0 Å². The Morgan fingerprint density at radius 3 is 2.27 bits per heavy atom. The van der Waals surface area contributed by atoms with Crippen LogP contribution < -0.4 is 5.73 Å². The van der Waals surface area contributed by atoms with Crippen molar-refractivity contribution in [3.05, 3.63) is 0 Å². The van der Waals surface area contributed by atoms with Gasteiger partial charge < -0.3 is 10.5 Å². The van der Waals surface area contributed by atoms with E-state index >= 15 is 0 Å². The second-order valence-electron chi connectivity index (χ2n) is 4.33. The minimum Gasteiger partial charge on any atom is -0.377 e. The van der Waals surface area contributed by atoms with E-state index in [2.05, 4.69) is 20.8 Å². The first-order valence-corrected chi connectivity index (χ1v) is 6.63. The summed E-state index contributed by atoms with van der Waals surface area (Å²) in [6.45, 7) is 7.45. The van der Waals surface area contributed by atoms with Crippen molar-refractivity contribution in [2.75, 3.05) is 6.61 Å². The molecule has 0 aliphatic heterocycles. The molecule has 0 aliphatic rings.